The average molecular weight is 400 g/mol. The molecule has 9 heteroatoms. The van der Waals surface area contributed by atoms with Crippen LogP contribution in [0.4, 0.5) is 18.9 Å². The van der Waals surface area contributed by atoms with Gasteiger partial charge in [0.25, 0.3) is 5.91 Å². The van der Waals surface area contributed by atoms with Gasteiger partial charge >= 0.3 is 6.18 Å². The third-order valence-electron chi connectivity index (χ3n) is 3.86. The lowest BCUT2D eigenvalue weighted by molar-refractivity contribution is -0.138. The molecule has 5 nitrogen and oxygen atoms in total. The second kappa shape index (κ2) is 7.59. The summed E-state index contributed by atoms with van der Waals surface area (Å²) in [5.74, 6) is -0.525. The molecule has 0 saturated heterocycles. The van der Waals surface area contributed by atoms with Crippen LogP contribution in [0, 0.1) is 6.92 Å². The number of alkyl halides is 3. The highest BCUT2D eigenvalue weighted by molar-refractivity contribution is 7.92. The average Bonchev–Trinajstić information content (AvgIpc) is 2.54. The number of amides is 1. The van der Waals surface area contributed by atoms with Crippen molar-refractivity contribution < 1.29 is 26.4 Å². The molecule has 0 spiro atoms. The molecule has 0 bridgehead atoms. The molecular formula is C18H19F3N2O3S. The number of carbonyl (C=O) groups is 1. The fraction of sp³-hybridized carbons (Fsp3) is 0.278. The lowest BCUT2D eigenvalue weighted by Gasteiger charge is -2.21. The lowest BCUT2D eigenvalue weighted by atomic mass is 10.1. The summed E-state index contributed by atoms with van der Waals surface area (Å²) in [6, 6.07) is 9.48. The van der Waals surface area contributed by atoms with Crippen molar-refractivity contribution in [2.45, 2.75) is 19.6 Å². The van der Waals surface area contributed by atoms with Crippen LogP contribution in [0.25, 0.3) is 0 Å². The topological polar surface area (TPSA) is 66.5 Å². The van der Waals surface area contributed by atoms with E-state index in [1.807, 2.05) is 0 Å². The molecule has 2 aromatic rings. The molecule has 0 radical (unpaired) electrons. The van der Waals surface area contributed by atoms with Crippen LogP contribution in [0.15, 0.2) is 42.5 Å². The van der Waals surface area contributed by atoms with Crippen molar-refractivity contribution in [3.8, 4) is 0 Å². The maximum absolute atomic E-state index is 13.1. The van der Waals surface area contributed by atoms with Gasteiger partial charge in [-0.1, -0.05) is 24.3 Å². The number of hydrogen-bond donors (Lipinski definition) is 1. The Hall–Kier alpha value is -2.55. The fourth-order valence-electron chi connectivity index (χ4n) is 2.55. The van der Waals surface area contributed by atoms with E-state index in [9.17, 15) is 26.4 Å². The number of carbonyl (C=O) groups excluding carboxylic acids is 1. The SMILES string of the molecule is Cc1ccc(C(=O)N(C)Cc2ccccc2C(F)(F)F)cc1NS(C)(=O)=O. The lowest BCUT2D eigenvalue weighted by Crippen LogP contribution is -2.27. The largest absolute Gasteiger partial charge is 0.416 e. The van der Waals surface area contributed by atoms with Crippen molar-refractivity contribution in [1.82, 2.24) is 4.90 Å². The number of aryl methyl sites for hydroxylation is 1. The Morgan fingerprint density at radius 2 is 1.78 bits per heavy atom. The highest BCUT2D eigenvalue weighted by Crippen LogP contribution is 2.32. The monoisotopic (exact) mass is 400 g/mol. The van der Waals surface area contributed by atoms with E-state index in [-0.39, 0.29) is 23.4 Å². The van der Waals surface area contributed by atoms with E-state index in [4.69, 9.17) is 0 Å². The summed E-state index contributed by atoms with van der Waals surface area (Å²) in [5, 5.41) is 0. The van der Waals surface area contributed by atoms with Gasteiger partial charge in [-0.05, 0) is 36.2 Å². The third kappa shape index (κ3) is 5.46. The van der Waals surface area contributed by atoms with Crippen LogP contribution in [-0.4, -0.2) is 32.5 Å². The second-order valence-corrected chi connectivity index (χ2v) is 7.97. The molecule has 0 atom stereocenters. The number of hydrogen-bond acceptors (Lipinski definition) is 3. The van der Waals surface area contributed by atoms with Gasteiger partial charge in [0, 0.05) is 19.2 Å². The van der Waals surface area contributed by atoms with E-state index >= 15 is 0 Å². The minimum absolute atomic E-state index is 0.0255. The third-order valence-corrected chi connectivity index (χ3v) is 4.45. The first kappa shape index (κ1) is 20.8. The first-order valence-electron chi connectivity index (χ1n) is 7.87. The van der Waals surface area contributed by atoms with Gasteiger partial charge < -0.3 is 4.90 Å². The molecule has 2 rings (SSSR count). The summed E-state index contributed by atoms with van der Waals surface area (Å²) in [5.41, 5.74) is 0.198. The zero-order valence-electron chi connectivity index (χ0n) is 15.0. The van der Waals surface area contributed by atoms with Crippen LogP contribution >= 0.6 is 0 Å². The number of benzene rings is 2. The highest BCUT2D eigenvalue weighted by Gasteiger charge is 2.33. The van der Waals surface area contributed by atoms with E-state index < -0.39 is 27.7 Å². The summed E-state index contributed by atoms with van der Waals surface area (Å²) in [6.07, 6.45) is -3.53. The predicted octanol–water partition coefficient (Wildman–Crippen LogP) is 3.66. The summed E-state index contributed by atoms with van der Waals surface area (Å²) in [7, 11) is -2.14. The molecule has 146 valence electrons. The van der Waals surface area contributed by atoms with Crippen LogP contribution in [0.1, 0.15) is 27.0 Å². The Morgan fingerprint density at radius 1 is 1.15 bits per heavy atom. The smallest absolute Gasteiger partial charge is 0.337 e. The molecule has 0 heterocycles. The maximum Gasteiger partial charge on any atom is 0.416 e. The minimum atomic E-state index is -4.52. The molecular weight excluding hydrogens is 381 g/mol. The first-order chi connectivity index (χ1) is 12.4. The van der Waals surface area contributed by atoms with Gasteiger partial charge in [0.15, 0.2) is 0 Å². The summed E-state index contributed by atoms with van der Waals surface area (Å²) in [6.45, 7) is 1.43. The Morgan fingerprint density at radius 3 is 2.37 bits per heavy atom. The predicted molar refractivity (Wildman–Crippen MR) is 96.9 cm³/mol. The van der Waals surface area contributed by atoms with Crippen LogP contribution in [0.5, 0.6) is 0 Å². The molecule has 0 aliphatic heterocycles. The van der Waals surface area contributed by atoms with Crippen molar-refractivity contribution in [3.05, 3.63) is 64.7 Å². The first-order valence-corrected chi connectivity index (χ1v) is 9.76. The van der Waals surface area contributed by atoms with Crippen molar-refractivity contribution in [1.29, 1.82) is 0 Å². The van der Waals surface area contributed by atoms with Gasteiger partial charge in [-0.15, -0.1) is 0 Å². The van der Waals surface area contributed by atoms with E-state index in [2.05, 4.69) is 4.72 Å². The van der Waals surface area contributed by atoms with Crippen LogP contribution in [-0.2, 0) is 22.7 Å². The van der Waals surface area contributed by atoms with Crippen LogP contribution in [0.3, 0.4) is 0 Å². The molecule has 27 heavy (non-hydrogen) atoms. The number of anilines is 1. The van der Waals surface area contributed by atoms with Gasteiger partial charge in [0.1, 0.15) is 0 Å². The summed E-state index contributed by atoms with van der Waals surface area (Å²) >= 11 is 0. The Bertz CT molecular complexity index is 957. The van der Waals surface area contributed by atoms with Crippen molar-refractivity contribution in [2.75, 3.05) is 18.0 Å². The van der Waals surface area contributed by atoms with E-state index in [1.54, 1.807) is 13.0 Å². The molecule has 0 aliphatic rings. The Labute approximate surface area is 155 Å². The quantitative estimate of drug-likeness (QED) is 0.833. The van der Waals surface area contributed by atoms with Gasteiger partial charge in [0.2, 0.25) is 10.0 Å². The fourth-order valence-corrected chi connectivity index (χ4v) is 3.17. The van der Waals surface area contributed by atoms with Crippen molar-refractivity contribution in [2.24, 2.45) is 0 Å². The van der Waals surface area contributed by atoms with E-state index in [0.717, 1.165) is 17.2 Å². The molecule has 0 saturated carbocycles. The molecule has 0 aliphatic carbocycles. The summed E-state index contributed by atoms with van der Waals surface area (Å²) < 4.78 is 64.5. The Kier molecular flexibility index (Phi) is 5.84. The molecule has 0 fully saturated rings. The van der Waals surface area contributed by atoms with E-state index in [0.29, 0.717) is 5.56 Å². The molecule has 0 unspecified atom stereocenters. The normalized spacial score (nSPS) is 11.9. The van der Waals surface area contributed by atoms with Crippen molar-refractivity contribution >= 4 is 21.6 Å². The number of rotatable bonds is 5. The van der Waals surface area contributed by atoms with E-state index in [1.165, 1.54) is 37.4 Å². The highest BCUT2D eigenvalue weighted by atomic mass is 32.2. The standard InChI is InChI=1S/C18H19F3N2O3S/c1-12-8-9-13(10-16(12)22-27(3,25)26)17(24)23(2)11-14-6-4-5-7-15(14)18(19,20)21/h4-10,22H,11H2,1-3H3. The number of nitrogens with one attached hydrogen (secondary N) is 1. The van der Waals surface area contributed by atoms with Gasteiger partial charge in [0.05, 0.1) is 17.5 Å². The van der Waals surface area contributed by atoms with Crippen LogP contribution < -0.4 is 4.72 Å². The molecule has 0 aromatic heterocycles. The zero-order chi connectivity index (χ0) is 20.4. The molecule has 1 N–H and O–H groups in total. The van der Waals surface area contributed by atoms with Crippen molar-refractivity contribution in [3.63, 3.8) is 0 Å². The van der Waals surface area contributed by atoms with Gasteiger partial charge in [-0.25, -0.2) is 8.42 Å². The Balaban J connectivity index is 2.28. The number of halogens is 3. The maximum atomic E-state index is 13.1. The van der Waals surface area contributed by atoms with Gasteiger partial charge in [-0.3, -0.25) is 9.52 Å². The zero-order valence-corrected chi connectivity index (χ0v) is 15.8. The second-order valence-electron chi connectivity index (χ2n) is 6.22. The molecule has 2 aromatic carbocycles. The van der Waals surface area contributed by atoms with Gasteiger partial charge in [-0.2, -0.15) is 13.2 Å². The number of nitrogens with zero attached hydrogens (tertiary/aromatic N) is 1. The number of sulfonamides is 1. The summed E-state index contributed by atoms with van der Waals surface area (Å²) in [4.78, 5) is 13.8. The van der Waals surface area contributed by atoms with Crippen LogP contribution in [0.2, 0.25) is 0 Å². The molecule has 1 amide bonds. The minimum Gasteiger partial charge on any atom is -0.337 e.